The quantitative estimate of drug-likeness (QED) is 0.864. The highest BCUT2D eigenvalue weighted by molar-refractivity contribution is 5.75. The topological polar surface area (TPSA) is 81.5 Å². The molecule has 1 aliphatic rings. The average molecular weight is 379 g/mol. The highest BCUT2D eigenvalue weighted by Gasteiger charge is 2.24. The third kappa shape index (κ3) is 4.34. The van der Waals surface area contributed by atoms with Crippen molar-refractivity contribution in [1.82, 2.24) is 15.2 Å². The second-order valence-electron chi connectivity index (χ2n) is 6.64. The molecule has 7 nitrogen and oxygen atoms in total. The number of nitrogens with zero attached hydrogens (tertiary/aromatic N) is 4. The molecule has 1 saturated heterocycles. The van der Waals surface area contributed by atoms with Gasteiger partial charge in [-0.15, -0.1) is 0 Å². The van der Waals surface area contributed by atoms with E-state index in [1.165, 1.54) is 0 Å². The van der Waals surface area contributed by atoms with E-state index in [9.17, 15) is 10.1 Å². The molecule has 2 amide bonds. The zero-order chi connectivity index (χ0) is 19.9. The molecule has 1 atom stereocenters. The van der Waals surface area contributed by atoms with Gasteiger partial charge < -0.3 is 19.9 Å². The predicted molar refractivity (Wildman–Crippen MR) is 107 cm³/mol. The fourth-order valence-corrected chi connectivity index (χ4v) is 3.36. The zero-order valence-electron chi connectivity index (χ0n) is 16.3. The molecule has 2 heterocycles. The number of amides is 2. The second-order valence-corrected chi connectivity index (χ2v) is 6.64. The van der Waals surface area contributed by atoms with Crippen molar-refractivity contribution in [3.05, 3.63) is 53.7 Å². The van der Waals surface area contributed by atoms with E-state index in [4.69, 9.17) is 4.74 Å². The van der Waals surface area contributed by atoms with Gasteiger partial charge in [0.15, 0.2) is 0 Å². The van der Waals surface area contributed by atoms with Crippen LogP contribution in [0.15, 0.2) is 42.6 Å². The number of aromatic nitrogens is 1. The third-order valence-electron chi connectivity index (χ3n) is 5.00. The fraction of sp³-hybridized carbons (Fsp3) is 0.381. The smallest absolute Gasteiger partial charge is 0.318 e. The summed E-state index contributed by atoms with van der Waals surface area (Å²) in [6.07, 6.45) is 2.49. The van der Waals surface area contributed by atoms with Gasteiger partial charge in [-0.3, -0.25) is 0 Å². The van der Waals surface area contributed by atoms with Crippen molar-refractivity contribution in [1.29, 1.82) is 5.26 Å². The van der Waals surface area contributed by atoms with Crippen molar-refractivity contribution in [3.8, 4) is 11.8 Å². The Morgan fingerprint density at radius 1 is 1.25 bits per heavy atom. The number of carbonyl (C=O) groups is 1. The molecule has 7 heteroatoms. The van der Waals surface area contributed by atoms with Gasteiger partial charge in [-0.1, -0.05) is 19.1 Å². The number of carbonyl (C=O) groups excluding carboxylic acids is 1. The number of methoxy groups -OCH3 is 1. The number of nitrogens with one attached hydrogen (secondary N) is 1. The van der Waals surface area contributed by atoms with Gasteiger partial charge in [-0.05, 0) is 36.2 Å². The Labute approximate surface area is 165 Å². The molecule has 1 fully saturated rings. The summed E-state index contributed by atoms with van der Waals surface area (Å²) in [6, 6.07) is 13.4. The molecule has 1 aromatic carbocycles. The molecule has 1 aliphatic heterocycles. The lowest BCUT2D eigenvalue weighted by Crippen LogP contribution is -2.52. The van der Waals surface area contributed by atoms with Crippen LogP contribution in [-0.2, 0) is 0 Å². The van der Waals surface area contributed by atoms with Crippen LogP contribution >= 0.6 is 0 Å². The van der Waals surface area contributed by atoms with E-state index in [-0.39, 0.29) is 12.1 Å². The van der Waals surface area contributed by atoms with Crippen LogP contribution in [0.3, 0.4) is 0 Å². The van der Waals surface area contributed by atoms with Crippen LogP contribution in [0.4, 0.5) is 10.6 Å². The summed E-state index contributed by atoms with van der Waals surface area (Å²) >= 11 is 0. The van der Waals surface area contributed by atoms with Crippen LogP contribution in [0.5, 0.6) is 5.75 Å². The lowest BCUT2D eigenvalue weighted by Gasteiger charge is -2.36. The minimum absolute atomic E-state index is 0.0441. The Hall–Kier alpha value is -3.27. The normalized spacial score (nSPS) is 14.9. The Balaban J connectivity index is 1.59. The van der Waals surface area contributed by atoms with Crippen LogP contribution in [0.2, 0.25) is 0 Å². The second kappa shape index (κ2) is 9.09. The molecule has 0 spiro atoms. The number of piperazine rings is 1. The number of urea groups is 1. The number of ether oxygens (including phenoxy) is 1. The number of anilines is 1. The number of benzene rings is 1. The molecule has 3 rings (SSSR count). The summed E-state index contributed by atoms with van der Waals surface area (Å²) in [5, 5.41) is 12.4. The molecule has 1 N–H and O–H groups in total. The van der Waals surface area contributed by atoms with E-state index in [0.717, 1.165) is 17.7 Å². The molecule has 0 bridgehead atoms. The number of hydrogen-bond donors (Lipinski definition) is 1. The lowest BCUT2D eigenvalue weighted by atomic mass is 10.0. The van der Waals surface area contributed by atoms with Crippen molar-refractivity contribution in [2.24, 2.45) is 0 Å². The first kappa shape index (κ1) is 19.5. The maximum absolute atomic E-state index is 12.7. The lowest BCUT2D eigenvalue weighted by molar-refractivity contribution is 0.190. The van der Waals surface area contributed by atoms with Crippen molar-refractivity contribution in [3.63, 3.8) is 0 Å². The van der Waals surface area contributed by atoms with Crippen molar-refractivity contribution in [2.45, 2.75) is 19.4 Å². The van der Waals surface area contributed by atoms with Gasteiger partial charge in [0.05, 0.1) is 18.7 Å². The maximum Gasteiger partial charge on any atom is 0.318 e. The highest BCUT2D eigenvalue weighted by Crippen LogP contribution is 2.21. The number of pyridine rings is 1. The Morgan fingerprint density at radius 2 is 1.96 bits per heavy atom. The van der Waals surface area contributed by atoms with Crippen molar-refractivity contribution in [2.75, 3.05) is 38.2 Å². The van der Waals surface area contributed by atoms with Crippen molar-refractivity contribution >= 4 is 11.8 Å². The predicted octanol–water partition coefficient (Wildman–Crippen LogP) is 2.94. The number of rotatable bonds is 5. The summed E-state index contributed by atoms with van der Waals surface area (Å²) in [7, 11) is 1.64. The summed E-state index contributed by atoms with van der Waals surface area (Å²) in [4.78, 5) is 20.9. The first-order chi connectivity index (χ1) is 13.7. The summed E-state index contributed by atoms with van der Waals surface area (Å²) in [5.74, 6) is 1.49. The van der Waals surface area contributed by atoms with Crippen LogP contribution in [0.25, 0.3) is 0 Å². The molecular weight excluding hydrogens is 354 g/mol. The van der Waals surface area contributed by atoms with E-state index in [1.807, 2.05) is 29.2 Å². The molecule has 1 unspecified atom stereocenters. The van der Waals surface area contributed by atoms with Gasteiger partial charge in [0, 0.05) is 32.4 Å². The average Bonchev–Trinajstić information content (AvgIpc) is 2.77. The maximum atomic E-state index is 12.7. The first-order valence-corrected chi connectivity index (χ1v) is 9.45. The molecule has 0 radical (unpaired) electrons. The van der Waals surface area contributed by atoms with E-state index in [1.54, 1.807) is 25.4 Å². The Morgan fingerprint density at radius 3 is 2.57 bits per heavy atom. The SMILES string of the molecule is CCC(NC(=O)N1CCN(c2ncccc2C#N)CC1)c1ccc(OC)cc1. The molecule has 1 aromatic heterocycles. The zero-order valence-corrected chi connectivity index (χ0v) is 16.3. The standard InChI is InChI=1S/C21H25N5O2/c1-3-19(16-6-8-18(28-2)9-7-16)24-21(27)26-13-11-25(12-14-26)20-17(15-22)5-4-10-23-20/h4-10,19H,3,11-14H2,1-2H3,(H,24,27). The largest absolute Gasteiger partial charge is 0.497 e. The van der Waals surface area contributed by atoms with Crippen molar-refractivity contribution < 1.29 is 9.53 Å². The summed E-state index contributed by atoms with van der Waals surface area (Å²) < 4.78 is 5.20. The third-order valence-corrected chi connectivity index (χ3v) is 5.00. The van der Waals surface area contributed by atoms with Gasteiger partial charge in [-0.2, -0.15) is 5.26 Å². The molecule has 28 heavy (non-hydrogen) atoms. The van der Waals surface area contributed by atoms with E-state index in [2.05, 4.69) is 28.2 Å². The van der Waals surface area contributed by atoms with Gasteiger partial charge in [-0.25, -0.2) is 9.78 Å². The van der Waals surface area contributed by atoms with Gasteiger partial charge in [0.1, 0.15) is 17.6 Å². The van der Waals surface area contributed by atoms with Crippen LogP contribution in [0, 0.1) is 11.3 Å². The van der Waals surface area contributed by atoms with E-state index < -0.39 is 0 Å². The number of nitriles is 1. The Bertz CT molecular complexity index is 839. The van der Waals surface area contributed by atoms with Crippen LogP contribution in [0.1, 0.15) is 30.5 Å². The highest BCUT2D eigenvalue weighted by atomic mass is 16.5. The molecule has 0 aliphatic carbocycles. The van der Waals surface area contributed by atoms with Crippen LogP contribution < -0.4 is 15.0 Å². The number of hydrogen-bond acceptors (Lipinski definition) is 5. The molecular formula is C21H25N5O2. The first-order valence-electron chi connectivity index (χ1n) is 9.45. The van der Waals surface area contributed by atoms with Crippen LogP contribution in [-0.4, -0.2) is 49.2 Å². The summed E-state index contributed by atoms with van der Waals surface area (Å²) in [5.41, 5.74) is 1.62. The minimum Gasteiger partial charge on any atom is -0.497 e. The molecule has 2 aromatic rings. The van der Waals surface area contributed by atoms with E-state index >= 15 is 0 Å². The van der Waals surface area contributed by atoms with Gasteiger partial charge in [0.2, 0.25) is 0 Å². The fourth-order valence-electron chi connectivity index (χ4n) is 3.36. The van der Waals surface area contributed by atoms with E-state index in [0.29, 0.717) is 37.6 Å². The monoisotopic (exact) mass is 379 g/mol. The molecule has 0 saturated carbocycles. The minimum atomic E-state index is -0.0659. The Kier molecular flexibility index (Phi) is 6.33. The summed E-state index contributed by atoms with van der Waals surface area (Å²) in [6.45, 7) is 4.53. The van der Waals surface area contributed by atoms with Gasteiger partial charge in [0.25, 0.3) is 0 Å². The molecule has 146 valence electrons. The van der Waals surface area contributed by atoms with Gasteiger partial charge >= 0.3 is 6.03 Å².